The van der Waals surface area contributed by atoms with Crippen LogP contribution in [0.2, 0.25) is 0 Å². The van der Waals surface area contributed by atoms with E-state index in [4.69, 9.17) is 5.73 Å². The lowest BCUT2D eigenvalue weighted by atomic mass is 9.96. The molecule has 88 valence electrons. The maximum absolute atomic E-state index is 11.8. The van der Waals surface area contributed by atoms with E-state index in [1.807, 2.05) is 0 Å². The van der Waals surface area contributed by atoms with Gasteiger partial charge in [0.25, 0.3) is 0 Å². The SMILES string of the molecule is CC(C)CC(CN)C(=O)Nc1nccnn1. The van der Waals surface area contributed by atoms with Crippen molar-refractivity contribution in [3.63, 3.8) is 0 Å². The molecule has 0 aliphatic heterocycles. The van der Waals surface area contributed by atoms with E-state index in [9.17, 15) is 4.79 Å². The van der Waals surface area contributed by atoms with Crippen molar-refractivity contribution in [1.82, 2.24) is 15.2 Å². The molecule has 0 saturated heterocycles. The molecule has 1 aromatic rings. The molecule has 3 N–H and O–H groups in total. The fraction of sp³-hybridized carbons (Fsp3) is 0.600. The van der Waals surface area contributed by atoms with E-state index in [-0.39, 0.29) is 17.8 Å². The topological polar surface area (TPSA) is 93.8 Å². The van der Waals surface area contributed by atoms with Crippen LogP contribution in [0.3, 0.4) is 0 Å². The molecule has 0 fully saturated rings. The van der Waals surface area contributed by atoms with Gasteiger partial charge in [0.2, 0.25) is 11.9 Å². The molecule has 0 aromatic carbocycles. The fourth-order valence-corrected chi connectivity index (χ4v) is 1.40. The number of nitrogens with one attached hydrogen (secondary N) is 1. The predicted octanol–water partition coefficient (Wildman–Crippen LogP) is 0.431. The van der Waals surface area contributed by atoms with E-state index < -0.39 is 0 Å². The summed E-state index contributed by atoms with van der Waals surface area (Å²) in [6.45, 7) is 4.43. The smallest absolute Gasteiger partial charge is 0.249 e. The molecular formula is C10H17N5O. The Bertz CT molecular complexity index is 327. The molecule has 1 heterocycles. The second kappa shape index (κ2) is 6.12. The van der Waals surface area contributed by atoms with Gasteiger partial charge in [-0.3, -0.25) is 10.1 Å². The molecule has 0 aliphatic carbocycles. The average molecular weight is 223 g/mol. The number of amides is 1. The standard InChI is InChI=1S/C10H17N5O/c1-7(2)5-8(6-11)9(16)14-10-12-3-4-13-15-10/h3-4,7-8H,5-6,11H2,1-2H3,(H,12,14,15,16). The largest absolute Gasteiger partial charge is 0.330 e. The number of carbonyl (C=O) groups excluding carboxylic acids is 1. The maximum atomic E-state index is 11.8. The Morgan fingerprint density at radius 2 is 2.25 bits per heavy atom. The number of aromatic nitrogens is 3. The molecule has 6 nitrogen and oxygen atoms in total. The van der Waals surface area contributed by atoms with E-state index in [0.717, 1.165) is 6.42 Å². The molecule has 1 aromatic heterocycles. The summed E-state index contributed by atoms with van der Waals surface area (Å²) in [7, 11) is 0. The summed E-state index contributed by atoms with van der Waals surface area (Å²) < 4.78 is 0. The van der Waals surface area contributed by atoms with E-state index in [2.05, 4.69) is 34.3 Å². The number of nitrogens with two attached hydrogens (primary N) is 1. The first-order chi connectivity index (χ1) is 7.63. The third-order valence-corrected chi connectivity index (χ3v) is 2.13. The first-order valence-corrected chi connectivity index (χ1v) is 5.28. The highest BCUT2D eigenvalue weighted by atomic mass is 16.2. The molecule has 1 atom stereocenters. The fourth-order valence-electron chi connectivity index (χ4n) is 1.40. The zero-order valence-electron chi connectivity index (χ0n) is 9.55. The minimum atomic E-state index is -0.205. The van der Waals surface area contributed by atoms with Crippen molar-refractivity contribution in [2.24, 2.45) is 17.6 Å². The Morgan fingerprint density at radius 1 is 1.50 bits per heavy atom. The lowest BCUT2D eigenvalue weighted by Crippen LogP contribution is -2.31. The van der Waals surface area contributed by atoms with Crippen LogP contribution >= 0.6 is 0 Å². The van der Waals surface area contributed by atoms with Gasteiger partial charge in [0.05, 0.1) is 18.3 Å². The van der Waals surface area contributed by atoms with Gasteiger partial charge in [-0.1, -0.05) is 13.8 Å². The van der Waals surface area contributed by atoms with Gasteiger partial charge < -0.3 is 5.73 Å². The number of hydrogen-bond acceptors (Lipinski definition) is 5. The molecule has 0 aliphatic rings. The third-order valence-electron chi connectivity index (χ3n) is 2.13. The lowest BCUT2D eigenvalue weighted by Gasteiger charge is -2.15. The molecule has 16 heavy (non-hydrogen) atoms. The minimum absolute atomic E-state index is 0.149. The number of carbonyl (C=O) groups is 1. The molecule has 1 amide bonds. The summed E-state index contributed by atoms with van der Waals surface area (Å²) in [5.74, 6) is 0.289. The predicted molar refractivity (Wildman–Crippen MR) is 60.5 cm³/mol. The van der Waals surface area contributed by atoms with Crippen LogP contribution in [0, 0.1) is 11.8 Å². The Morgan fingerprint density at radius 3 is 2.75 bits per heavy atom. The molecule has 0 bridgehead atoms. The highest BCUT2D eigenvalue weighted by molar-refractivity contribution is 5.90. The van der Waals surface area contributed by atoms with Gasteiger partial charge in [-0.15, -0.1) is 5.10 Å². The Kier molecular flexibility index (Phi) is 4.78. The molecule has 1 rings (SSSR count). The zero-order valence-corrected chi connectivity index (χ0v) is 9.55. The van der Waals surface area contributed by atoms with E-state index in [0.29, 0.717) is 12.5 Å². The van der Waals surface area contributed by atoms with Gasteiger partial charge in [-0.25, -0.2) is 4.98 Å². The van der Waals surface area contributed by atoms with Crippen LogP contribution in [0.25, 0.3) is 0 Å². The van der Waals surface area contributed by atoms with Crippen LogP contribution in [0.1, 0.15) is 20.3 Å². The van der Waals surface area contributed by atoms with E-state index in [1.54, 1.807) is 0 Å². The van der Waals surface area contributed by atoms with Gasteiger partial charge >= 0.3 is 0 Å². The van der Waals surface area contributed by atoms with Crippen molar-refractivity contribution >= 4 is 11.9 Å². The lowest BCUT2D eigenvalue weighted by molar-refractivity contribution is -0.120. The summed E-state index contributed by atoms with van der Waals surface area (Å²) in [6, 6.07) is 0. The first-order valence-electron chi connectivity index (χ1n) is 5.28. The van der Waals surface area contributed by atoms with Crippen molar-refractivity contribution in [1.29, 1.82) is 0 Å². The van der Waals surface area contributed by atoms with Crippen molar-refractivity contribution in [2.75, 3.05) is 11.9 Å². The van der Waals surface area contributed by atoms with Gasteiger partial charge in [-0.05, 0) is 12.3 Å². The number of nitrogens with zero attached hydrogens (tertiary/aromatic N) is 3. The highest BCUT2D eigenvalue weighted by Crippen LogP contribution is 2.12. The summed E-state index contributed by atoms with van der Waals surface area (Å²) in [4.78, 5) is 15.6. The van der Waals surface area contributed by atoms with Crippen LogP contribution in [0.4, 0.5) is 5.95 Å². The maximum Gasteiger partial charge on any atom is 0.249 e. The van der Waals surface area contributed by atoms with Crippen molar-refractivity contribution < 1.29 is 4.79 Å². The quantitative estimate of drug-likeness (QED) is 0.755. The molecule has 0 spiro atoms. The molecule has 6 heteroatoms. The monoisotopic (exact) mass is 223 g/mol. The van der Waals surface area contributed by atoms with Crippen LogP contribution in [0.5, 0.6) is 0 Å². The Labute approximate surface area is 94.7 Å². The zero-order chi connectivity index (χ0) is 12.0. The number of hydrogen-bond donors (Lipinski definition) is 2. The van der Waals surface area contributed by atoms with E-state index in [1.165, 1.54) is 12.4 Å². The normalized spacial score (nSPS) is 12.5. The molecular weight excluding hydrogens is 206 g/mol. The molecule has 1 unspecified atom stereocenters. The minimum Gasteiger partial charge on any atom is -0.330 e. The molecule has 0 radical (unpaired) electrons. The number of rotatable bonds is 5. The van der Waals surface area contributed by atoms with Crippen molar-refractivity contribution in [3.05, 3.63) is 12.4 Å². The van der Waals surface area contributed by atoms with Crippen molar-refractivity contribution in [3.8, 4) is 0 Å². The Hall–Kier alpha value is -1.56. The molecule has 0 saturated carbocycles. The number of anilines is 1. The van der Waals surface area contributed by atoms with E-state index >= 15 is 0 Å². The summed E-state index contributed by atoms with van der Waals surface area (Å²) in [5, 5.41) is 9.90. The van der Waals surface area contributed by atoms with Crippen molar-refractivity contribution in [2.45, 2.75) is 20.3 Å². The second-order valence-corrected chi connectivity index (χ2v) is 4.02. The summed E-state index contributed by atoms with van der Waals surface area (Å²) in [5.41, 5.74) is 5.56. The highest BCUT2D eigenvalue weighted by Gasteiger charge is 2.18. The van der Waals surface area contributed by atoms with Crippen LogP contribution in [-0.4, -0.2) is 27.6 Å². The van der Waals surface area contributed by atoms with Gasteiger partial charge in [0.1, 0.15) is 0 Å². The van der Waals surface area contributed by atoms with Gasteiger partial charge in [0.15, 0.2) is 0 Å². The van der Waals surface area contributed by atoms with Gasteiger partial charge in [-0.2, -0.15) is 5.10 Å². The Balaban J connectivity index is 2.56. The van der Waals surface area contributed by atoms with Crippen LogP contribution in [0.15, 0.2) is 12.4 Å². The summed E-state index contributed by atoms with van der Waals surface area (Å²) >= 11 is 0. The third kappa shape index (κ3) is 3.90. The summed E-state index contributed by atoms with van der Waals surface area (Å²) in [6.07, 6.45) is 3.68. The van der Waals surface area contributed by atoms with Gasteiger partial charge in [0, 0.05) is 6.54 Å². The second-order valence-electron chi connectivity index (χ2n) is 4.02. The first kappa shape index (κ1) is 12.5. The van der Waals surface area contributed by atoms with Crippen LogP contribution < -0.4 is 11.1 Å². The van der Waals surface area contributed by atoms with Crippen LogP contribution in [-0.2, 0) is 4.79 Å². The average Bonchev–Trinajstić information content (AvgIpc) is 2.26.